The Morgan fingerprint density at radius 2 is 1.73 bits per heavy atom. The number of nitrogens with two attached hydrogens (primary N) is 2. The Kier molecular flexibility index (Phi) is 4.12. The second kappa shape index (κ2) is 5.58. The molecule has 0 radical (unpaired) electrons. The van der Waals surface area contributed by atoms with Crippen LogP contribution in [0.5, 0.6) is 0 Å². The van der Waals surface area contributed by atoms with Crippen LogP contribution in [0.25, 0.3) is 0 Å². The lowest BCUT2D eigenvalue weighted by Gasteiger charge is -2.45. The summed E-state index contributed by atoms with van der Waals surface area (Å²) in [6.45, 7) is 1.26. The van der Waals surface area contributed by atoms with E-state index in [2.05, 4.69) is 0 Å². The predicted octanol–water partition coefficient (Wildman–Crippen LogP) is -0.684. The summed E-state index contributed by atoms with van der Waals surface area (Å²) in [5.41, 5.74) is 9.07. The monoisotopic (exact) mass is 326 g/mol. The van der Waals surface area contributed by atoms with Crippen LogP contribution in [0.3, 0.4) is 0 Å². The molecule has 0 aromatic heterocycles. The molecule has 2 rings (SSSR count). The molecule has 0 bridgehead atoms. The molecule has 1 aliphatic heterocycles. The van der Waals surface area contributed by atoms with Gasteiger partial charge in [0.2, 0.25) is 15.9 Å². The highest BCUT2D eigenvalue weighted by Crippen LogP contribution is 2.28. The number of carbonyl (C=O) groups is 2. The second-order valence-corrected chi connectivity index (χ2v) is 7.15. The zero-order chi connectivity index (χ0) is 16.5. The van der Waals surface area contributed by atoms with Gasteiger partial charge in [-0.05, 0) is 19.1 Å². The molecular weight excluding hydrogens is 308 g/mol. The Balaban J connectivity index is 2.45. The van der Waals surface area contributed by atoms with Gasteiger partial charge in [0.1, 0.15) is 5.54 Å². The quantitative estimate of drug-likeness (QED) is 0.762. The van der Waals surface area contributed by atoms with E-state index in [0.29, 0.717) is 0 Å². The van der Waals surface area contributed by atoms with Gasteiger partial charge in [0.05, 0.1) is 11.4 Å². The van der Waals surface area contributed by atoms with Crippen LogP contribution in [0.15, 0.2) is 35.2 Å². The number of hydrogen-bond donors (Lipinski definition) is 2. The first-order valence-electron chi connectivity index (χ1n) is 6.62. The lowest BCUT2D eigenvalue weighted by molar-refractivity contribution is -0.128. The molecule has 8 nitrogen and oxygen atoms in total. The van der Waals surface area contributed by atoms with Gasteiger partial charge in [-0.2, -0.15) is 4.31 Å². The van der Waals surface area contributed by atoms with Gasteiger partial charge < -0.3 is 16.4 Å². The fraction of sp³-hybridized carbons (Fsp3) is 0.385. The molecule has 1 saturated heterocycles. The van der Waals surface area contributed by atoms with Gasteiger partial charge in [-0.15, -0.1) is 0 Å². The maximum atomic E-state index is 12.8. The molecule has 1 aliphatic rings. The maximum absolute atomic E-state index is 12.8. The summed E-state index contributed by atoms with van der Waals surface area (Å²) in [5.74, 6) is -0.835. The summed E-state index contributed by atoms with van der Waals surface area (Å²) in [7, 11) is -3.91. The van der Waals surface area contributed by atoms with Crippen LogP contribution in [-0.2, 0) is 14.8 Å². The first-order chi connectivity index (χ1) is 10.2. The van der Waals surface area contributed by atoms with Crippen molar-refractivity contribution >= 4 is 22.0 Å². The molecule has 0 spiro atoms. The third-order valence-electron chi connectivity index (χ3n) is 3.80. The van der Waals surface area contributed by atoms with Crippen LogP contribution in [0.1, 0.15) is 6.92 Å². The number of hydrogen-bond acceptors (Lipinski definition) is 4. The van der Waals surface area contributed by atoms with Crippen molar-refractivity contribution in [3.8, 4) is 0 Å². The van der Waals surface area contributed by atoms with Crippen molar-refractivity contribution in [1.29, 1.82) is 0 Å². The number of carbonyl (C=O) groups excluding carboxylic acids is 2. The summed E-state index contributed by atoms with van der Waals surface area (Å²) >= 11 is 0. The Morgan fingerprint density at radius 3 is 2.23 bits per heavy atom. The SMILES string of the molecule is CC1(C(N)=O)CN(C(N)=O)CCN1S(=O)(=O)c1ccccc1. The van der Waals surface area contributed by atoms with Gasteiger partial charge in [0.15, 0.2) is 0 Å². The average Bonchev–Trinajstić information content (AvgIpc) is 2.47. The normalized spacial score (nSPS) is 23.2. The number of sulfonamides is 1. The van der Waals surface area contributed by atoms with Gasteiger partial charge in [-0.25, -0.2) is 13.2 Å². The molecule has 1 aromatic rings. The molecule has 22 heavy (non-hydrogen) atoms. The molecule has 1 aromatic carbocycles. The smallest absolute Gasteiger partial charge is 0.314 e. The number of benzene rings is 1. The van der Waals surface area contributed by atoms with Crippen LogP contribution < -0.4 is 11.5 Å². The Morgan fingerprint density at radius 1 is 1.14 bits per heavy atom. The number of piperazine rings is 1. The number of rotatable bonds is 3. The highest BCUT2D eigenvalue weighted by Gasteiger charge is 2.49. The summed E-state index contributed by atoms with van der Waals surface area (Å²) in [6.07, 6.45) is 0. The van der Waals surface area contributed by atoms with Crippen molar-refractivity contribution in [2.24, 2.45) is 11.5 Å². The van der Waals surface area contributed by atoms with E-state index in [1.165, 1.54) is 24.0 Å². The predicted molar refractivity (Wildman–Crippen MR) is 79.1 cm³/mol. The summed E-state index contributed by atoms with van der Waals surface area (Å²) in [5, 5.41) is 0. The zero-order valence-electron chi connectivity index (χ0n) is 12.1. The fourth-order valence-corrected chi connectivity index (χ4v) is 4.24. The van der Waals surface area contributed by atoms with Crippen molar-refractivity contribution in [2.45, 2.75) is 17.4 Å². The Hall–Kier alpha value is -2.13. The number of primary amides is 2. The lowest BCUT2D eigenvalue weighted by atomic mass is 9.98. The first kappa shape index (κ1) is 16.2. The third-order valence-corrected chi connectivity index (χ3v) is 5.83. The van der Waals surface area contributed by atoms with Gasteiger partial charge in [0.25, 0.3) is 0 Å². The van der Waals surface area contributed by atoms with Crippen LogP contribution in [0, 0.1) is 0 Å². The van der Waals surface area contributed by atoms with Crippen LogP contribution in [-0.4, -0.2) is 54.7 Å². The molecule has 1 atom stereocenters. The van der Waals surface area contributed by atoms with Crippen molar-refractivity contribution in [3.05, 3.63) is 30.3 Å². The van der Waals surface area contributed by atoms with E-state index in [1.807, 2.05) is 0 Å². The zero-order valence-corrected chi connectivity index (χ0v) is 12.9. The van der Waals surface area contributed by atoms with E-state index < -0.39 is 27.5 Å². The van der Waals surface area contributed by atoms with Crippen molar-refractivity contribution in [3.63, 3.8) is 0 Å². The highest BCUT2D eigenvalue weighted by atomic mass is 32.2. The minimum Gasteiger partial charge on any atom is -0.368 e. The maximum Gasteiger partial charge on any atom is 0.314 e. The topological polar surface area (TPSA) is 127 Å². The lowest BCUT2D eigenvalue weighted by Crippen LogP contribution is -2.68. The highest BCUT2D eigenvalue weighted by molar-refractivity contribution is 7.89. The molecule has 0 saturated carbocycles. The molecule has 1 unspecified atom stereocenters. The van der Waals surface area contributed by atoms with Crippen molar-refractivity contribution in [2.75, 3.05) is 19.6 Å². The van der Waals surface area contributed by atoms with E-state index in [4.69, 9.17) is 11.5 Å². The Bertz CT molecular complexity index is 691. The summed E-state index contributed by atoms with van der Waals surface area (Å²) < 4.78 is 26.6. The molecule has 1 fully saturated rings. The van der Waals surface area contributed by atoms with Crippen LogP contribution in [0.2, 0.25) is 0 Å². The first-order valence-corrected chi connectivity index (χ1v) is 8.06. The minimum atomic E-state index is -3.91. The molecule has 120 valence electrons. The number of amides is 3. The van der Waals surface area contributed by atoms with Crippen LogP contribution >= 0.6 is 0 Å². The second-order valence-electron chi connectivity index (χ2n) is 5.29. The van der Waals surface area contributed by atoms with Gasteiger partial charge in [0, 0.05) is 13.1 Å². The molecule has 3 amide bonds. The van der Waals surface area contributed by atoms with E-state index in [1.54, 1.807) is 18.2 Å². The van der Waals surface area contributed by atoms with E-state index in [-0.39, 0.29) is 24.5 Å². The number of nitrogens with zero attached hydrogens (tertiary/aromatic N) is 2. The largest absolute Gasteiger partial charge is 0.368 e. The fourth-order valence-electron chi connectivity index (χ4n) is 2.48. The van der Waals surface area contributed by atoms with Crippen molar-refractivity contribution < 1.29 is 18.0 Å². The van der Waals surface area contributed by atoms with Gasteiger partial charge in [-0.3, -0.25) is 4.79 Å². The van der Waals surface area contributed by atoms with E-state index in [0.717, 1.165) is 4.31 Å². The molecule has 9 heteroatoms. The standard InChI is InChI=1S/C13H18N4O4S/c1-13(11(14)18)9-16(12(15)19)7-8-17(13)22(20,21)10-5-3-2-4-6-10/h2-6H,7-9H2,1H3,(H2,14,18)(H2,15,19). The molecular formula is C13H18N4O4S. The average molecular weight is 326 g/mol. The van der Waals surface area contributed by atoms with E-state index in [9.17, 15) is 18.0 Å². The van der Waals surface area contributed by atoms with Crippen molar-refractivity contribution in [1.82, 2.24) is 9.21 Å². The molecule has 0 aliphatic carbocycles. The minimum absolute atomic E-state index is 0.0559. The van der Waals surface area contributed by atoms with Gasteiger partial charge in [-0.1, -0.05) is 18.2 Å². The Labute approximate surface area is 128 Å². The molecule has 4 N–H and O–H groups in total. The third kappa shape index (κ3) is 2.64. The number of urea groups is 1. The van der Waals surface area contributed by atoms with Gasteiger partial charge >= 0.3 is 6.03 Å². The summed E-state index contributed by atoms with van der Waals surface area (Å²) in [6, 6.07) is 7.04. The summed E-state index contributed by atoms with van der Waals surface area (Å²) in [4.78, 5) is 24.5. The molecule has 1 heterocycles. The van der Waals surface area contributed by atoms with Crippen LogP contribution in [0.4, 0.5) is 4.79 Å². The van der Waals surface area contributed by atoms with E-state index >= 15 is 0 Å².